The highest BCUT2D eigenvalue weighted by molar-refractivity contribution is 5.35. The lowest BCUT2D eigenvalue weighted by atomic mass is 9.87. The topological polar surface area (TPSA) is 38.0 Å². The number of nitrogens with one attached hydrogen (secondary N) is 1. The minimum atomic E-state index is 0.126. The Morgan fingerprint density at radius 1 is 1.28 bits per heavy atom. The zero-order valence-corrected chi connectivity index (χ0v) is 12.5. The molecule has 0 aliphatic heterocycles. The Bertz CT molecular complexity index is 371. The van der Waals surface area contributed by atoms with Gasteiger partial charge in [0.1, 0.15) is 0 Å². The minimum Gasteiger partial charge on any atom is -0.324 e. The Balaban J connectivity index is 3.02. The summed E-state index contributed by atoms with van der Waals surface area (Å²) in [6.07, 6.45) is 1.10. The van der Waals surface area contributed by atoms with Crippen molar-refractivity contribution in [3.8, 4) is 0 Å². The molecular formula is C16H28N2. The van der Waals surface area contributed by atoms with E-state index in [-0.39, 0.29) is 6.04 Å². The first kappa shape index (κ1) is 15.2. The fraction of sp³-hybridized carbons (Fsp3) is 0.625. The molecule has 3 N–H and O–H groups in total. The van der Waals surface area contributed by atoms with E-state index in [1.54, 1.807) is 0 Å². The van der Waals surface area contributed by atoms with E-state index in [1.165, 1.54) is 16.7 Å². The van der Waals surface area contributed by atoms with Crippen LogP contribution in [0.25, 0.3) is 0 Å². The first-order valence-corrected chi connectivity index (χ1v) is 7.01. The van der Waals surface area contributed by atoms with E-state index in [2.05, 4.69) is 51.2 Å². The highest BCUT2D eigenvalue weighted by Gasteiger charge is 2.19. The zero-order chi connectivity index (χ0) is 13.7. The van der Waals surface area contributed by atoms with Crippen LogP contribution < -0.4 is 11.1 Å². The van der Waals surface area contributed by atoms with E-state index in [0.717, 1.165) is 13.0 Å². The van der Waals surface area contributed by atoms with Crippen LogP contribution in [-0.4, -0.2) is 13.6 Å². The number of rotatable bonds is 6. The van der Waals surface area contributed by atoms with Crippen molar-refractivity contribution in [2.24, 2.45) is 11.7 Å². The summed E-state index contributed by atoms with van der Waals surface area (Å²) >= 11 is 0. The summed E-state index contributed by atoms with van der Waals surface area (Å²) in [6.45, 7) is 9.80. The maximum absolute atomic E-state index is 6.47. The molecule has 2 nitrogen and oxygen atoms in total. The molecule has 2 unspecified atom stereocenters. The molecule has 0 aliphatic rings. The molecule has 0 heterocycles. The van der Waals surface area contributed by atoms with Crippen molar-refractivity contribution in [3.63, 3.8) is 0 Å². The molecule has 0 bridgehead atoms. The summed E-state index contributed by atoms with van der Waals surface area (Å²) in [7, 11) is 1.99. The molecule has 1 aromatic rings. The van der Waals surface area contributed by atoms with Gasteiger partial charge in [-0.3, -0.25) is 0 Å². The molecule has 2 heteroatoms. The fourth-order valence-corrected chi connectivity index (χ4v) is 2.42. The lowest BCUT2D eigenvalue weighted by Crippen LogP contribution is -2.29. The largest absolute Gasteiger partial charge is 0.324 e. The molecule has 2 atom stereocenters. The first-order valence-electron chi connectivity index (χ1n) is 7.01. The standard InChI is InChI=1S/C16H28N2/c1-6-13(10-18-5)16(17)15-9-14(11(2)3)8-7-12(15)4/h7-9,11,13,16,18H,6,10,17H2,1-5H3. The van der Waals surface area contributed by atoms with Crippen molar-refractivity contribution in [1.82, 2.24) is 5.32 Å². The highest BCUT2D eigenvalue weighted by Crippen LogP contribution is 2.27. The van der Waals surface area contributed by atoms with Gasteiger partial charge in [-0.25, -0.2) is 0 Å². The number of benzene rings is 1. The monoisotopic (exact) mass is 248 g/mol. The van der Waals surface area contributed by atoms with Gasteiger partial charge in [0.05, 0.1) is 0 Å². The van der Waals surface area contributed by atoms with Crippen LogP contribution in [0.4, 0.5) is 0 Å². The van der Waals surface area contributed by atoms with Gasteiger partial charge in [-0.1, -0.05) is 45.4 Å². The summed E-state index contributed by atoms with van der Waals surface area (Å²) in [5.74, 6) is 1.05. The van der Waals surface area contributed by atoms with E-state index in [0.29, 0.717) is 11.8 Å². The molecule has 0 amide bonds. The smallest absolute Gasteiger partial charge is 0.0338 e. The molecule has 0 aliphatic carbocycles. The number of aryl methyl sites for hydroxylation is 1. The summed E-state index contributed by atoms with van der Waals surface area (Å²) in [6, 6.07) is 6.84. The number of hydrogen-bond acceptors (Lipinski definition) is 2. The third kappa shape index (κ3) is 3.56. The van der Waals surface area contributed by atoms with Crippen LogP contribution in [0.15, 0.2) is 18.2 Å². The molecule has 0 saturated carbocycles. The molecule has 0 fully saturated rings. The van der Waals surface area contributed by atoms with Gasteiger partial charge in [-0.05, 0) is 49.0 Å². The predicted octanol–water partition coefficient (Wildman–Crippen LogP) is 3.36. The SMILES string of the molecule is CCC(CNC)C(N)c1cc(C(C)C)ccc1C. The zero-order valence-electron chi connectivity index (χ0n) is 12.5. The summed E-state index contributed by atoms with van der Waals surface area (Å²) in [5.41, 5.74) is 10.5. The van der Waals surface area contributed by atoms with Gasteiger partial charge in [0, 0.05) is 6.04 Å². The molecule has 0 spiro atoms. The lowest BCUT2D eigenvalue weighted by Gasteiger charge is -2.25. The normalized spacial score (nSPS) is 14.8. The predicted molar refractivity (Wildman–Crippen MR) is 79.9 cm³/mol. The van der Waals surface area contributed by atoms with Gasteiger partial charge in [0.2, 0.25) is 0 Å². The number of nitrogens with two attached hydrogens (primary N) is 1. The second kappa shape index (κ2) is 6.91. The maximum atomic E-state index is 6.47. The molecular weight excluding hydrogens is 220 g/mol. The third-order valence-corrected chi connectivity index (χ3v) is 3.83. The minimum absolute atomic E-state index is 0.126. The van der Waals surface area contributed by atoms with Crippen LogP contribution in [0.1, 0.15) is 55.8 Å². The van der Waals surface area contributed by atoms with Crippen molar-refractivity contribution in [3.05, 3.63) is 34.9 Å². The second-order valence-electron chi connectivity index (χ2n) is 5.52. The molecule has 18 heavy (non-hydrogen) atoms. The first-order chi connectivity index (χ1) is 8.51. The molecule has 102 valence electrons. The number of hydrogen-bond donors (Lipinski definition) is 2. The average Bonchev–Trinajstić information content (AvgIpc) is 2.35. The third-order valence-electron chi connectivity index (χ3n) is 3.83. The Morgan fingerprint density at radius 2 is 1.94 bits per heavy atom. The van der Waals surface area contributed by atoms with Crippen LogP contribution in [0, 0.1) is 12.8 Å². The lowest BCUT2D eigenvalue weighted by molar-refractivity contribution is 0.402. The second-order valence-corrected chi connectivity index (χ2v) is 5.52. The Kier molecular flexibility index (Phi) is 5.83. The van der Waals surface area contributed by atoms with Crippen molar-refractivity contribution in [2.45, 2.75) is 46.1 Å². The molecule has 1 aromatic carbocycles. The fourth-order valence-electron chi connectivity index (χ4n) is 2.42. The van der Waals surface area contributed by atoms with E-state index in [1.807, 2.05) is 7.05 Å². The van der Waals surface area contributed by atoms with Crippen LogP contribution in [0.5, 0.6) is 0 Å². The average molecular weight is 248 g/mol. The Hall–Kier alpha value is -0.860. The van der Waals surface area contributed by atoms with Crippen LogP contribution in [-0.2, 0) is 0 Å². The van der Waals surface area contributed by atoms with Gasteiger partial charge in [0.15, 0.2) is 0 Å². The highest BCUT2D eigenvalue weighted by atomic mass is 14.8. The molecule has 1 rings (SSSR count). The molecule has 0 saturated heterocycles. The molecule has 0 radical (unpaired) electrons. The van der Waals surface area contributed by atoms with Crippen molar-refractivity contribution < 1.29 is 0 Å². The van der Waals surface area contributed by atoms with Gasteiger partial charge in [-0.15, -0.1) is 0 Å². The van der Waals surface area contributed by atoms with Crippen molar-refractivity contribution >= 4 is 0 Å². The van der Waals surface area contributed by atoms with Gasteiger partial charge in [-0.2, -0.15) is 0 Å². The van der Waals surface area contributed by atoms with Gasteiger partial charge in [0.25, 0.3) is 0 Å². The van der Waals surface area contributed by atoms with Crippen molar-refractivity contribution in [2.75, 3.05) is 13.6 Å². The van der Waals surface area contributed by atoms with E-state index < -0.39 is 0 Å². The van der Waals surface area contributed by atoms with Crippen LogP contribution in [0.3, 0.4) is 0 Å². The summed E-state index contributed by atoms with van der Waals surface area (Å²) in [4.78, 5) is 0. The Morgan fingerprint density at radius 3 is 2.44 bits per heavy atom. The van der Waals surface area contributed by atoms with Crippen LogP contribution in [0.2, 0.25) is 0 Å². The van der Waals surface area contributed by atoms with Crippen LogP contribution >= 0.6 is 0 Å². The Labute approximate surface area is 112 Å². The maximum Gasteiger partial charge on any atom is 0.0338 e. The summed E-state index contributed by atoms with van der Waals surface area (Å²) < 4.78 is 0. The van der Waals surface area contributed by atoms with E-state index in [9.17, 15) is 0 Å². The van der Waals surface area contributed by atoms with Gasteiger partial charge < -0.3 is 11.1 Å². The summed E-state index contributed by atoms with van der Waals surface area (Å²) in [5, 5.41) is 3.25. The van der Waals surface area contributed by atoms with Crippen molar-refractivity contribution in [1.29, 1.82) is 0 Å². The quantitative estimate of drug-likeness (QED) is 0.810. The van der Waals surface area contributed by atoms with E-state index >= 15 is 0 Å². The van der Waals surface area contributed by atoms with Gasteiger partial charge >= 0.3 is 0 Å². The van der Waals surface area contributed by atoms with E-state index in [4.69, 9.17) is 5.73 Å². The molecule has 0 aromatic heterocycles.